The summed E-state index contributed by atoms with van der Waals surface area (Å²) in [7, 11) is 0. The number of fused-ring (bicyclic) bond motifs is 1. The lowest BCUT2D eigenvalue weighted by atomic mass is 10.2. The van der Waals surface area contributed by atoms with Crippen LogP contribution >= 0.6 is 11.8 Å². The van der Waals surface area contributed by atoms with Gasteiger partial charge in [0.25, 0.3) is 0 Å². The minimum atomic E-state index is 0.162. The zero-order valence-electron chi connectivity index (χ0n) is 14.8. The second kappa shape index (κ2) is 7.50. The Hall–Kier alpha value is -2.34. The molecule has 6 heteroatoms. The number of rotatable bonds is 7. The third kappa shape index (κ3) is 3.60. The van der Waals surface area contributed by atoms with E-state index in [0.717, 1.165) is 41.0 Å². The van der Waals surface area contributed by atoms with Crippen molar-refractivity contribution in [3.05, 3.63) is 60.2 Å². The molecule has 134 valence electrons. The molecule has 2 heterocycles. The quantitative estimate of drug-likeness (QED) is 0.642. The second-order valence-electron chi connectivity index (χ2n) is 6.64. The van der Waals surface area contributed by atoms with Crippen molar-refractivity contribution in [1.82, 2.24) is 19.4 Å². The number of amides is 1. The van der Waals surface area contributed by atoms with Gasteiger partial charge in [0.05, 0.1) is 16.8 Å². The van der Waals surface area contributed by atoms with Crippen LogP contribution in [0.15, 0.2) is 48.8 Å². The number of carbonyl (C=O) groups is 1. The van der Waals surface area contributed by atoms with Crippen molar-refractivity contribution >= 4 is 28.7 Å². The van der Waals surface area contributed by atoms with E-state index in [0.29, 0.717) is 19.1 Å². The van der Waals surface area contributed by atoms with Crippen molar-refractivity contribution < 1.29 is 4.79 Å². The lowest BCUT2D eigenvalue weighted by Crippen LogP contribution is -2.35. The van der Waals surface area contributed by atoms with Crippen molar-refractivity contribution in [2.45, 2.75) is 37.7 Å². The molecule has 5 nitrogen and oxygen atoms in total. The maximum Gasteiger partial charge on any atom is 0.243 e. The number of benzene rings is 1. The van der Waals surface area contributed by atoms with Gasteiger partial charge in [-0.3, -0.25) is 9.78 Å². The normalized spacial score (nSPS) is 13.9. The lowest BCUT2D eigenvalue weighted by molar-refractivity contribution is -0.133. The Balaban J connectivity index is 1.60. The summed E-state index contributed by atoms with van der Waals surface area (Å²) in [5.41, 5.74) is 3.11. The van der Waals surface area contributed by atoms with Crippen LogP contribution in [-0.2, 0) is 23.6 Å². The van der Waals surface area contributed by atoms with Crippen molar-refractivity contribution in [3.63, 3.8) is 0 Å². The number of nitrogens with zero attached hydrogens (tertiary/aromatic N) is 4. The van der Waals surface area contributed by atoms with Crippen LogP contribution in [0.3, 0.4) is 0 Å². The third-order valence-electron chi connectivity index (χ3n) is 4.71. The summed E-state index contributed by atoms with van der Waals surface area (Å²) in [4.78, 5) is 24.0. The molecule has 1 fully saturated rings. The van der Waals surface area contributed by atoms with Crippen molar-refractivity contribution in [2.24, 2.45) is 0 Å². The molecule has 0 bridgehead atoms. The van der Waals surface area contributed by atoms with Crippen LogP contribution in [0, 0.1) is 0 Å². The molecule has 0 N–H and O–H groups in total. The van der Waals surface area contributed by atoms with E-state index in [1.54, 1.807) is 24.2 Å². The number of para-hydroxylation sites is 2. The first-order valence-electron chi connectivity index (χ1n) is 8.87. The zero-order chi connectivity index (χ0) is 17.9. The number of thioether (sulfide) groups is 1. The Kier molecular flexibility index (Phi) is 4.93. The van der Waals surface area contributed by atoms with Gasteiger partial charge >= 0.3 is 0 Å². The third-order valence-corrected chi connectivity index (χ3v) is 5.26. The number of hydrogen-bond donors (Lipinski definition) is 0. The van der Waals surface area contributed by atoms with Gasteiger partial charge in [-0.2, -0.15) is 11.8 Å². The van der Waals surface area contributed by atoms with Gasteiger partial charge in [0.2, 0.25) is 5.91 Å². The molecule has 0 atom stereocenters. The van der Waals surface area contributed by atoms with Gasteiger partial charge in [-0.15, -0.1) is 0 Å². The van der Waals surface area contributed by atoms with Crippen molar-refractivity contribution in [1.29, 1.82) is 0 Å². The zero-order valence-corrected chi connectivity index (χ0v) is 15.7. The molecule has 0 unspecified atom stereocenters. The van der Waals surface area contributed by atoms with Gasteiger partial charge in [0.15, 0.2) is 0 Å². The molecule has 2 aromatic heterocycles. The number of imidazole rings is 1. The smallest absolute Gasteiger partial charge is 0.243 e. The predicted molar refractivity (Wildman–Crippen MR) is 105 cm³/mol. The summed E-state index contributed by atoms with van der Waals surface area (Å²) < 4.78 is 2.08. The number of hydrogen-bond acceptors (Lipinski definition) is 4. The molecular formula is C20H22N4OS. The molecule has 26 heavy (non-hydrogen) atoms. The van der Waals surface area contributed by atoms with Crippen LogP contribution in [-0.4, -0.2) is 37.6 Å². The van der Waals surface area contributed by atoms with Crippen LogP contribution < -0.4 is 0 Å². The summed E-state index contributed by atoms with van der Waals surface area (Å²) in [6, 6.07) is 12.4. The Morgan fingerprint density at radius 3 is 2.73 bits per heavy atom. The number of aromatic nitrogens is 3. The Labute approximate surface area is 157 Å². The number of pyridine rings is 1. The van der Waals surface area contributed by atoms with Crippen LogP contribution in [0.4, 0.5) is 0 Å². The molecule has 1 saturated carbocycles. The molecule has 1 aliphatic rings. The Morgan fingerprint density at radius 2 is 2.00 bits per heavy atom. The summed E-state index contributed by atoms with van der Waals surface area (Å²) in [6.45, 7) is 0.995. The molecule has 1 aliphatic carbocycles. The van der Waals surface area contributed by atoms with E-state index in [1.165, 1.54) is 0 Å². The fraction of sp³-hybridized carbons (Fsp3) is 0.350. The lowest BCUT2D eigenvalue weighted by Gasteiger charge is -2.23. The second-order valence-corrected chi connectivity index (χ2v) is 7.51. The van der Waals surface area contributed by atoms with E-state index in [4.69, 9.17) is 4.98 Å². The summed E-state index contributed by atoms with van der Waals surface area (Å²) >= 11 is 1.73. The SMILES string of the molecule is CSCc1nc2ccccc2n1CC(=O)N(Cc1ccncc1)C1CC1. The van der Waals surface area contributed by atoms with Crippen LogP contribution in [0.2, 0.25) is 0 Å². The number of carbonyl (C=O) groups excluding carboxylic acids is 1. The predicted octanol–water partition coefficient (Wildman–Crippen LogP) is 3.49. The highest BCUT2D eigenvalue weighted by molar-refractivity contribution is 7.97. The van der Waals surface area contributed by atoms with Gasteiger partial charge in [-0.05, 0) is 48.9 Å². The Morgan fingerprint density at radius 1 is 1.23 bits per heavy atom. The molecule has 3 aromatic rings. The first-order valence-corrected chi connectivity index (χ1v) is 10.3. The standard InChI is InChI=1S/C20H22N4OS/c1-26-14-19-22-17-4-2-3-5-18(17)24(19)13-20(25)23(16-6-7-16)12-15-8-10-21-11-9-15/h2-5,8-11,16H,6-7,12-14H2,1H3. The maximum atomic E-state index is 13.2. The highest BCUT2D eigenvalue weighted by atomic mass is 32.2. The van der Waals surface area contributed by atoms with E-state index in [1.807, 2.05) is 41.3 Å². The van der Waals surface area contributed by atoms with Gasteiger partial charge in [-0.1, -0.05) is 12.1 Å². The molecule has 4 rings (SSSR count). The van der Waals surface area contributed by atoms with Crippen LogP contribution in [0.5, 0.6) is 0 Å². The molecule has 0 saturated heterocycles. The molecule has 0 spiro atoms. The summed E-state index contributed by atoms with van der Waals surface area (Å²) in [5, 5.41) is 0. The molecule has 1 aromatic carbocycles. The van der Waals surface area contributed by atoms with E-state index in [2.05, 4.69) is 15.8 Å². The molecule has 0 aliphatic heterocycles. The van der Waals surface area contributed by atoms with E-state index < -0.39 is 0 Å². The van der Waals surface area contributed by atoms with E-state index in [-0.39, 0.29) is 5.91 Å². The Bertz CT molecular complexity index is 905. The molecular weight excluding hydrogens is 344 g/mol. The van der Waals surface area contributed by atoms with Gasteiger partial charge in [0.1, 0.15) is 12.4 Å². The van der Waals surface area contributed by atoms with Crippen LogP contribution in [0.25, 0.3) is 11.0 Å². The fourth-order valence-corrected chi connectivity index (χ4v) is 3.74. The molecule has 0 radical (unpaired) electrons. The first-order chi connectivity index (χ1) is 12.8. The topological polar surface area (TPSA) is 51.0 Å². The first kappa shape index (κ1) is 17.1. The average Bonchev–Trinajstić information content (AvgIpc) is 3.45. The van der Waals surface area contributed by atoms with Gasteiger partial charge < -0.3 is 9.47 Å². The van der Waals surface area contributed by atoms with Crippen molar-refractivity contribution in [2.75, 3.05) is 6.26 Å². The van der Waals surface area contributed by atoms with Gasteiger partial charge in [0, 0.05) is 25.0 Å². The average molecular weight is 366 g/mol. The monoisotopic (exact) mass is 366 g/mol. The minimum absolute atomic E-state index is 0.162. The van der Waals surface area contributed by atoms with Crippen LogP contribution in [0.1, 0.15) is 24.2 Å². The largest absolute Gasteiger partial charge is 0.334 e. The highest BCUT2D eigenvalue weighted by Gasteiger charge is 2.33. The van der Waals surface area contributed by atoms with Crippen molar-refractivity contribution in [3.8, 4) is 0 Å². The molecule has 1 amide bonds. The maximum absolute atomic E-state index is 13.2. The minimum Gasteiger partial charge on any atom is -0.334 e. The van der Waals surface area contributed by atoms with Gasteiger partial charge in [-0.25, -0.2) is 4.98 Å². The summed E-state index contributed by atoms with van der Waals surface area (Å²) in [5.74, 6) is 1.93. The van der Waals surface area contributed by atoms with E-state index in [9.17, 15) is 4.79 Å². The summed E-state index contributed by atoms with van der Waals surface area (Å²) in [6.07, 6.45) is 7.82. The fourth-order valence-electron chi connectivity index (χ4n) is 3.26. The highest BCUT2D eigenvalue weighted by Crippen LogP contribution is 2.29. The van der Waals surface area contributed by atoms with E-state index >= 15 is 0 Å².